The van der Waals surface area contributed by atoms with Gasteiger partial charge in [-0.3, -0.25) is 14.4 Å². The van der Waals surface area contributed by atoms with Gasteiger partial charge in [0.1, 0.15) is 29.3 Å². The van der Waals surface area contributed by atoms with E-state index >= 15 is 0 Å². The largest absolute Gasteiger partial charge is 0.493 e. The third kappa shape index (κ3) is 8.12. The van der Waals surface area contributed by atoms with Gasteiger partial charge in [-0.15, -0.1) is 0 Å². The second-order valence-corrected chi connectivity index (χ2v) is 16.8. The highest BCUT2D eigenvalue weighted by atomic mass is 16.7. The lowest BCUT2D eigenvalue weighted by Gasteiger charge is -2.44. The van der Waals surface area contributed by atoms with Crippen molar-refractivity contribution in [3.63, 3.8) is 0 Å². The molecule has 1 atom stereocenters. The first kappa shape index (κ1) is 41.7. The number of benzene rings is 3. The van der Waals surface area contributed by atoms with Crippen LogP contribution in [0.15, 0.2) is 78.3 Å². The standard InChI is InChI=1S/C48H53N7O8/c1-5-48(6-2)24-35(31-14-15-36(59-3)39(23-31)60-4)53-55(47(48)58)32-18-20-54(21-19-32)46(57)34(22-29-10-8-7-9-11-29)52-45(56)33-25-49-43-41(33)50-27-51-42(43)40-37(61-26-30-12-13-30)16-17-38-44(40)63-28-62-38/h7-11,14-17,23,25,27,30,32,34,49H,5-6,12-13,18-22,24,26,28H2,1-4H3,(H,52,56)/t34-/m1/s1. The molecule has 1 saturated heterocycles. The average molecular weight is 856 g/mol. The summed E-state index contributed by atoms with van der Waals surface area (Å²) in [5.74, 6) is 2.79. The summed E-state index contributed by atoms with van der Waals surface area (Å²) in [7, 11) is 3.20. The Balaban J connectivity index is 0.954. The van der Waals surface area contributed by atoms with Crippen LogP contribution in [0.3, 0.4) is 0 Å². The molecule has 5 heterocycles. The number of carbonyl (C=O) groups is 3. The summed E-state index contributed by atoms with van der Waals surface area (Å²) in [6.45, 7) is 5.55. The number of fused-ring (bicyclic) bond motifs is 2. The summed E-state index contributed by atoms with van der Waals surface area (Å²) in [6, 6.07) is 18.0. The Morgan fingerprint density at radius 2 is 1.70 bits per heavy atom. The highest BCUT2D eigenvalue weighted by Crippen LogP contribution is 2.48. The lowest BCUT2D eigenvalue weighted by Crippen LogP contribution is -2.56. The van der Waals surface area contributed by atoms with E-state index in [1.807, 2.05) is 60.7 Å². The van der Waals surface area contributed by atoms with Crippen molar-refractivity contribution in [3.05, 3.63) is 89.9 Å². The molecule has 3 aliphatic heterocycles. The first-order valence-corrected chi connectivity index (χ1v) is 21.9. The molecule has 3 amide bonds. The van der Waals surface area contributed by atoms with Crippen LogP contribution in [0.25, 0.3) is 22.3 Å². The summed E-state index contributed by atoms with van der Waals surface area (Å²) >= 11 is 0. The van der Waals surface area contributed by atoms with E-state index in [0.717, 1.165) is 29.7 Å². The van der Waals surface area contributed by atoms with Gasteiger partial charge in [0.05, 0.1) is 54.6 Å². The van der Waals surface area contributed by atoms with E-state index in [0.29, 0.717) is 109 Å². The number of aromatic nitrogens is 3. The second-order valence-electron chi connectivity index (χ2n) is 16.8. The number of carbonyl (C=O) groups excluding carboxylic acids is 3. The maximum absolute atomic E-state index is 14.6. The Kier molecular flexibility index (Phi) is 11.7. The number of likely N-dealkylation sites (tertiary alicyclic amines) is 1. The van der Waals surface area contributed by atoms with E-state index in [9.17, 15) is 14.4 Å². The molecule has 0 radical (unpaired) electrons. The highest BCUT2D eigenvalue weighted by Gasteiger charge is 2.46. The number of methoxy groups -OCH3 is 2. The fourth-order valence-corrected chi connectivity index (χ4v) is 9.01. The molecular formula is C48H53N7O8. The molecule has 2 N–H and O–H groups in total. The van der Waals surface area contributed by atoms with Crippen LogP contribution in [-0.4, -0.2) is 101 Å². The molecule has 5 aromatic rings. The van der Waals surface area contributed by atoms with Gasteiger partial charge in [-0.2, -0.15) is 5.10 Å². The first-order valence-electron chi connectivity index (χ1n) is 21.9. The maximum atomic E-state index is 14.6. The molecule has 328 valence electrons. The molecule has 2 aromatic heterocycles. The Hall–Kier alpha value is -6.64. The van der Waals surface area contributed by atoms with Crippen LogP contribution in [-0.2, 0) is 16.0 Å². The SMILES string of the molecule is CCC1(CC)CC(c2ccc(OC)c(OC)c2)=NN(C2CCN(C(=O)[C@@H](Cc3ccccc3)NC(=O)c3c[nH]c4c(-c5c(OCC6CC6)ccc6c5OCO6)ncnc34)CC2)C1=O. The number of hydrogen-bond acceptors (Lipinski definition) is 11. The van der Waals surface area contributed by atoms with E-state index in [1.165, 1.54) is 6.33 Å². The number of ether oxygens (including phenoxy) is 5. The zero-order chi connectivity index (χ0) is 43.7. The summed E-state index contributed by atoms with van der Waals surface area (Å²) in [5, 5.41) is 9.77. The van der Waals surface area contributed by atoms with Gasteiger partial charge in [-0.25, -0.2) is 15.0 Å². The number of nitrogens with one attached hydrogen (secondary N) is 2. The molecule has 0 bridgehead atoms. The quantitative estimate of drug-likeness (QED) is 0.113. The molecule has 15 heteroatoms. The Bertz CT molecular complexity index is 2540. The van der Waals surface area contributed by atoms with Crippen molar-refractivity contribution < 1.29 is 38.1 Å². The molecule has 63 heavy (non-hydrogen) atoms. The summed E-state index contributed by atoms with van der Waals surface area (Å²) in [4.78, 5) is 57.4. The van der Waals surface area contributed by atoms with Gasteiger partial charge in [0.2, 0.25) is 18.6 Å². The Morgan fingerprint density at radius 3 is 2.43 bits per heavy atom. The zero-order valence-corrected chi connectivity index (χ0v) is 36.1. The van der Waals surface area contributed by atoms with Gasteiger partial charge in [0, 0.05) is 37.7 Å². The lowest BCUT2D eigenvalue weighted by molar-refractivity contribution is -0.148. The Morgan fingerprint density at radius 1 is 0.937 bits per heavy atom. The van der Waals surface area contributed by atoms with Gasteiger partial charge in [0.25, 0.3) is 5.91 Å². The molecule has 1 saturated carbocycles. The van der Waals surface area contributed by atoms with Gasteiger partial charge >= 0.3 is 0 Å². The molecular weight excluding hydrogens is 803 g/mol. The number of hydrazone groups is 1. The number of H-pyrrole nitrogens is 1. The van der Waals surface area contributed by atoms with Gasteiger partial charge in [0.15, 0.2) is 23.0 Å². The van der Waals surface area contributed by atoms with Crippen LogP contribution < -0.4 is 29.0 Å². The first-order chi connectivity index (χ1) is 30.7. The van der Waals surface area contributed by atoms with Gasteiger partial charge < -0.3 is 38.9 Å². The predicted molar refractivity (Wildman–Crippen MR) is 235 cm³/mol. The topological polar surface area (TPSA) is 170 Å². The average Bonchev–Trinajstić information content (AvgIpc) is 3.85. The van der Waals surface area contributed by atoms with Crippen LogP contribution >= 0.6 is 0 Å². The number of rotatable bonds is 15. The molecule has 9 rings (SSSR count). The summed E-state index contributed by atoms with van der Waals surface area (Å²) < 4.78 is 29.0. The molecule has 0 unspecified atom stereocenters. The van der Waals surface area contributed by atoms with Crippen LogP contribution in [0, 0.1) is 11.3 Å². The number of hydrogen-bond donors (Lipinski definition) is 2. The molecule has 1 aliphatic carbocycles. The minimum atomic E-state index is -0.882. The molecule has 0 spiro atoms. The number of nitrogens with zero attached hydrogens (tertiary/aromatic N) is 5. The van der Waals surface area contributed by atoms with Crippen LogP contribution in [0.5, 0.6) is 28.7 Å². The van der Waals surface area contributed by atoms with E-state index < -0.39 is 17.4 Å². The monoisotopic (exact) mass is 855 g/mol. The van der Waals surface area contributed by atoms with Crippen molar-refractivity contribution in [1.29, 1.82) is 0 Å². The zero-order valence-electron chi connectivity index (χ0n) is 36.1. The molecule has 2 fully saturated rings. The van der Waals surface area contributed by atoms with Crippen LogP contribution in [0.4, 0.5) is 0 Å². The molecule has 3 aromatic carbocycles. The predicted octanol–water partition coefficient (Wildman–Crippen LogP) is 6.93. The van der Waals surface area contributed by atoms with Crippen molar-refractivity contribution in [2.75, 3.05) is 40.7 Å². The third-order valence-corrected chi connectivity index (χ3v) is 13.1. The van der Waals surface area contributed by atoms with E-state index in [1.54, 1.807) is 30.3 Å². The van der Waals surface area contributed by atoms with Gasteiger partial charge in [-0.1, -0.05) is 44.2 Å². The summed E-state index contributed by atoms with van der Waals surface area (Å²) in [5.41, 5.74) is 4.30. The number of piperidine rings is 1. The fraction of sp³-hybridized carbons (Fsp3) is 0.417. The highest BCUT2D eigenvalue weighted by molar-refractivity contribution is 6.09. The van der Waals surface area contributed by atoms with Crippen LogP contribution in [0.1, 0.15) is 80.3 Å². The third-order valence-electron chi connectivity index (χ3n) is 13.1. The maximum Gasteiger partial charge on any atom is 0.255 e. The van der Waals surface area contributed by atoms with Crippen LogP contribution in [0.2, 0.25) is 0 Å². The summed E-state index contributed by atoms with van der Waals surface area (Å²) in [6.07, 6.45) is 8.47. The van der Waals surface area contributed by atoms with Gasteiger partial charge in [-0.05, 0) is 80.3 Å². The minimum absolute atomic E-state index is 0.0148. The normalized spacial score (nSPS) is 17.7. The smallest absolute Gasteiger partial charge is 0.255 e. The molecule has 15 nitrogen and oxygen atoms in total. The van der Waals surface area contributed by atoms with E-state index in [2.05, 4.69) is 34.1 Å². The lowest BCUT2D eigenvalue weighted by atomic mass is 9.74. The number of aromatic amines is 1. The van der Waals surface area contributed by atoms with E-state index in [4.69, 9.17) is 28.8 Å². The number of amides is 3. The Labute approximate surface area is 366 Å². The van der Waals surface area contributed by atoms with E-state index in [-0.39, 0.29) is 36.6 Å². The second kappa shape index (κ2) is 17.6. The van der Waals surface area contributed by atoms with Crippen molar-refractivity contribution >= 4 is 34.5 Å². The van der Waals surface area contributed by atoms with Crippen molar-refractivity contribution in [2.45, 2.75) is 77.3 Å². The van der Waals surface area contributed by atoms with Crippen molar-refractivity contribution in [2.24, 2.45) is 16.4 Å². The molecule has 4 aliphatic rings. The fourth-order valence-electron chi connectivity index (χ4n) is 9.01. The van der Waals surface area contributed by atoms with Crippen molar-refractivity contribution in [1.82, 2.24) is 30.2 Å². The minimum Gasteiger partial charge on any atom is -0.493 e. The van der Waals surface area contributed by atoms with Crippen molar-refractivity contribution in [3.8, 4) is 40.0 Å².